The average molecular weight is 384 g/mol. The first-order valence-corrected chi connectivity index (χ1v) is 8.16. The Kier molecular flexibility index (Phi) is 3.20. The summed E-state index contributed by atoms with van der Waals surface area (Å²) >= 11 is 25.2. The van der Waals surface area contributed by atoms with Gasteiger partial charge in [-0.3, -0.25) is 9.59 Å². The van der Waals surface area contributed by atoms with Gasteiger partial charge in [0.15, 0.2) is 0 Å². The molecule has 1 aliphatic rings. The van der Waals surface area contributed by atoms with Gasteiger partial charge in [0.1, 0.15) is 0 Å². The van der Waals surface area contributed by atoms with Crippen LogP contribution in [0.1, 0.15) is 15.9 Å². The number of fused-ring (bicyclic) bond motifs is 5. The molecule has 0 N–H and O–H groups in total. The molecule has 23 heavy (non-hydrogen) atoms. The van der Waals surface area contributed by atoms with Gasteiger partial charge in [-0.25, -0.2) is 0 Å². The normalized spacial score (nSPS) is 16.3. The van der Waals surface area contributed by atoms with Crippen LogP contribution in [0, 0.1) is 0 Å². The van der Waals surface area contributed by atoms with Crippen molar-refractivity contribution in [1.82, 2.24) is 0 Å². The first-order valence-electron chi connectivity index (χ1n) is 6.65. The van der Waals surface area contributed by atoms with Gasteiger partial charge >= 0.3 is 0 Å². The van der Waals surface area contributed by atoms with Crippen LogP contribution in [0.5, 0.6) is 0 Å². The molecule has 0 fully saturated rings. The minimum absolute atomic E-state index is 0.167. The highest BCUT2D eigenvalue weighted by Crippen LogP contribution is 2.51. The molecule has 0 spiro atoms. The van der Waals surface area contributed by atoms with Crippen molar-refractivity contribution in [3.05, 3.63) is 57.6 Å². The van der Waals surface area contributed by atoms with Crippen LogP contribution in [0.15, 0.2) is 36.4 Å². The van der Waals surface area contributed by atoms with E-state index in [4.69, 9.17) is 46.4 Å². The fourth-order valence-electron chi connectivity index (χ4n) is 3.09. The minimum atomic E-state index is -1.96. The lowest BCUT2D eigenvalue weighted by molar-refractivity contribution is -0.115. The van der Waals surface area contributed by atoms with E-state index in [1.165, 1.54) is 0 Å². The summed E-state index contributed by atoms with van der Waals surface area (Å²) in [5.74, 6) is -1.59. The molecule has 0 aromatic heterocycles. The molecule has 114 valence electrons. The molecule has 1 aliphatic carbocycles. The Morgan fingerprint density at radius 3 is 2.13 bits per heavy atom. The molecule has 0 unspecified atom stereocenters. The number of alkyl halides is 2. The fraction of sp³-hybridized carbons (Fsp3) is 0.0588. The van der Waals surface area contributed by atoms with E-state index in [1.807, 2.05) is 24.3 Å². The number of halogens is 4. The maximum absolute atomic E-state index is 12.1. The van der Waals surface area contributed by atoms with Gasteiger partial charge in [-0.15, -0.1) is 0 Å². The first-order chi connectivity index (χ1) is 10.9. The van der Waals surface area contributed by atoms with Crippen LogP contribution >= 0.6 is 46.4 Å². The van der Waals surface area contributed by atoms with E-state index in [1.54, 1.807) is 12.1 Å². The van der Waals surface area contributed by atoms with Gasteiger partial charge < -0.3 is 0 Å². The summed E-state index contributed by atoms with van der Waals surface area (Å²) < 4.78 is -1.96. The molecule has 2 nitrogen and oxygen atoms in total. The van der Waals surface area contributed by atoms with Crippen molar-refractivity contribution in [3.63, 3.8) is 0 Å². The number of rotatable bonds is 0. The SMILES string of the molecule is O=C1C(=O)C(Cl)(Cl)c2c1ccc1c2c(Cl)c(Cl)c2ccccc21. The number of benzene rings is 3. The Labute approximate surface area is 150 Å². The second kappa shape index (κ2) is 4.84. The van der Waals surface area contributed by atoms with E-state index in [-0.39, 0.29) is 16.1 Å². The van der Waals surface area contributed by atoms with Gasteiger partial charge in [0.2, 0.25) is 15.9 Å². The third-order valence-electron chi connectivity index (χ3n) is 4.12. The largest absolute Gasteiger partial charge is 0.287 e. The van der Waals surface area contributed by atoms with E-state index < -0.39 is 15.9 Å². The van der Waals surface area contributed by atoms with Crippen LogP contribution in [0.4, 0.5) is 0 Å². The lowest BCUT2D eigenvalue weighted by Gasteiger charge is -2.17. The molecule has 3 aromatic rings. The van der Waals surface area contributed by atoms with E-state index >= 15 is 0 Å². The predicted octanol–water partition coefficient (Wildman–Crippen LogP) is 5.70. The number of carbonyl (C=O) groups is 2. The van der Waals surface area contributed by atoms with Crippen molar-refractivity contribution in [2.24, 2.45) is 0 Å². The van der Waals surface area contributed by atoms with Crippen LogP contribution in [-0.4, -0.2) is 11.6 Å². The quantitative estimate of drug-likeness (QED) is 0.283. The lowest BCUT2D eigenvalue weighted by atomic mass is 9.95. The van der Waals surface area contributed by atoms with E-state index in [0.717, 1.165) is 16.2 Å². The van der Waals surface area contributed by atoms with Crippen molar-refractivity contribution in [3.8, 4) is 0 Å². The molecule has 0 saturated carbocycles. The zero-order valence-corrected chi connectivity index (χ0v) is 14.3. The van der Waals surface area contributed by atoms with Gasteiger partial charge in [0.05, 0.1) is 10.0 Å². The number of hydrogen-bond donors (Lipinski definition) is 0. The van der Waals surface area contributed by atoms with Crippen LogP contribution in [0.3, 0.4) is 0 Å². The highest BCUT2D eigenvalue weighted by atomic mass is 35.5. The molecule has 0 amide bonds. The summed E-state index contributed by atoms with van der Waals surface area (Å²) in [7, 11) is 0. The van der Waals surface area contributed by atoms with Crippen molar-refractivity contribution in [1.29, 1.82) is 0 Å². The number of Topliss-reactive ketones (excluding diaryl/α,β-unsaturated/α-hetero) is 2. The minimum Gasteiger partial charge on any atom is -0.287 e. The van der Waals surface area contributed by atoms with E-state index in [0.29, 0.717) is 10.4 Å². The zero-order chi connectivity index (χ0) is 16.5. The molecule has 6 heteroatoms. The molecule has 3 aromatic carbocycles. The van der Waals surface area contributed by atoms with Crippen LogP contribution < -0.4 is 0 Å². The summed E-state index contributed by atoms with van der Waals surface area (Å²) in [4.78, 5) is 24.2. The summed E-state index contributed by atoms with van der Waals surface area (Å²) in [6.45, 7) is 0. The van der Waals surface area contributed by atoms with Gasteiger partial charge in [0, 0.05) is 21.9 Å². The highest BCUT2D eigenvalue weighted by Gasteiger charge is 2.51. The van der Waals surface area contributed by atoms with Crippen LogP contribution in [-0.2, 0) is 9.13 Å². The molecular weight excluding hydrogens is 378 g/mol. The van der Waals surface area contributed by atoms with Crippen LogP contribution in [0.2, 0.25) is 10.0 Å². The fourth-order valence-corrected chi connectivity index (χ4v) is 4.21. The Morgan fingerprint density at radius 1 is 0.783 bits per heavy atom. The molecule has 0 atom stereocenters. The van der Waals surface area contributed by atoms with Crippen molar-refractivity contribution < 1.29 is 9.59 Å². The smallest absolute Gasteiger partial charge is 0.243 e. The first kappa shape index (κ1) is 15.2. The Bertz CT molecular complexity index is 1050. The molecule has 0 aliphatic heterocycles. The summed E-state index contributed by atoms with van der Waals surface area (Å²) in [6.07, 6.45) is 0. The van der Waals surface area contributed by atoms with E-state index in [2.05, 4.69) is 0 Å². The predicted molar refractivity (Wildman–Crippen MR) is 94.2 cm³/mol. The number of hydrogen-bond acceptors (Lipinski definition) is 2. The van der Waals surface area contributed by atoms with Crippen LogP contribution in [0.25, 0.3) is 21.5 Å². The number of carbonyl (C=O) groups excluding carboxylic acids is 2. The standard InChI is InChI=1S/C17H6Cl4O2/c18-13-9-4-2-1-3-7(9)8-5-6-10-12(11(8)14(13)19)17(20,21)16(23)15(10)22/h1-6H. The average Bonchev–Trinajstić information content (AvgIpc) is 2.73. The second-order valence-corrected chi connectivity index (χ2v) is 7.40. The Balaban J connectivity index is 2.32. The molecule has 0 radical (unpaired) electrons. The summed E-state index contributed by atoms with van der Waals surface area (Å²) in [6, 6.07) is 10.7. The van der Waals surface area contributed by atoms with Crippen molar-refractivity contribution in [2.75, 3.05) is 0 Å². The number of ketones is 2. The highest BCUT2D eigenvalue weighted by molar-refractivity contribution is 6.72. The van der Waals surface area contributed by atoms with Gasteiger partial charge in [-0.05, 0) is 16.8 Å². The molecule has 0 bridgehead atoms. The molecule has 4 rings (SSSR count). The topological polar surface area (TPSA) is 34.1 Å². The maximum atomic E-state index is 12.1. The summed E-state index contributed by atoms with van der Waals surface area (Å²) in [5.41, 5.74) is 0.381. The Morgan fingerprint density at radius 2 is 1.43 bits per heavy atom. The van der Waals surface area contributed by atoms with Gasteiger partial charge in [-0.1, -0.05) is 76.7 Å². The lowest BCUT2D eigenvalue weighted by Crippen LogP contribution is -2.21. The zero-order valence-electron chi connectivity index (χ0n) is 11.3. The molecule has 0 saturated heterocycles. The van der Waals surface area contributed by atoms with Crippen molar-refractivity contribution >= 4 is 79.5 Å². The molecule has 0 heterocycles. The Hall–Kier alpha value is -1.32. The van der Waals surface area contributed by atoms with Crippen molar-refractivity contribution in [2.45, 2.75) is 4.33 Å². The summed E-state index contributed by atoms with van der Waals surface area (Å²) in [5, 5.41) is 3.36. The second-order valence-electron chi connectivity index (χ2n) is 5.32. The third kappa shape index (κ3) is 1.84. The molecular formula is C17H6Cl4O2. The monoisotopic (exact) mass is 382 g/mol. The van der Waals surface area contributed by atoms with Gasteiger partial charge in [-0.2, -0.15) is 0 Å². The van der Waals surface area contributed by atoms with E-state index in [9.17, 15) is 9.59 Å². The third-order valence-corrected chi connectivity index (χ3v) is 5.71. The maximum Gasteiger partial charge on any atom is 0.243 e. The van der Waals surface area contributed by atoms with Gasteiger partial charge in [0.25, 0.3) is 0 Å².